The van der Waals surface area contributed by atoms with Crippen LogP contribution in [0.5, 0.6) is 0 Å². The van der Waals surface area contributed by atoms with Crippen molar-refractivity contribution in [1.82, 2.24) is 4.98 Å². The molecule has 1 fully saturated rings. The van der Waals surface area contributed by atoms with Gasteiger partial charge in [0, 0.05) is 31.3 Å². The van der Waals surface area contributed by atoms with Gasteiger partial charge in [0.2, 0.25) is 5.92 Å². The van der Waals surface area contributed by atoms with E-state index in [0.717, 1.165) is 12.0 Å². The van der Waals surface area contributed by atoms with Gasteiger partial charge in [0.1, 0.15) is 0 Å². The van der Waals surface area contributed by atoms with Crippen LogP contribution in [0.3, 0.4) is 0 Å². The van der Waals surface area contributed by atoms with Gasteiger partial charge in [0.15, 0.2) is 0 Å². The Kier molecular flexibility index (Phi) is 4.17. The molecule has 0 radical (unpaired) electrons. The zero-order chi connectivity index (χ0) is 13.2. The first-order chi connectivity index (χ1) is 8.48. The standard InChI is InChI=1S/C13H17ClF2N2/c14-11-8-18-5-3-10(11)12(17)6-9-2-1-4-13(15,16)7-9/h3,5,8-9,12H,1-2,4,6-7,17H2. The molecule has 0 spiro atoms. The zero-order valence-electron chi connectivity index (χ0n) is 10.1. The SMILES string of the molecule is NC(CC1CCCC(F)(F)C1)c1ccncc1Cl. The van der Waals surface area contributed by atoms with Crippen LogP contribution >= 0.6 is 11.6 Å². The molecule has 18 heavy (non-hydrogen) atoms. The second kappa shape index (κ2) is 5.49. The minimum absolute atomic E-state index is 0.00868. The van der Waals surface area contributed by atoms with Gasteiger partial charge in [0.25, 0.3) is 0 Å². The van der Waals surface area contributed by atoms with Gasteiger partial charge < -0.3 is 5.73 Å². The van der Waals surface area contributed by atoms with Crippen molar-refractivity contribution in [3.8, 4) is 0 Å². The number of nitrogens with zero attached hydrogens (tertiary/aromatic N) is 1. The van der Waals surface area contributed by atoms with E-state index in [-0.39, 0.29) is 24.8 Å². The Morgan fingerprint density at radius 2 is 2.33 bits per heavy atom. The van der Waals surface area contributed by atoms with Gasteiger partial charge in [-0.15, -0.1) is 0 Å². The number of pyridine rings is 1. The van der Waals surface area contributed by atoms with E-state index in [9.17, 15) is 8.78 Å². The topological polar surface area (TPSA) is 38.9 Å². The summed E-state index contributed by atoms with van der Waals surface area (Å²) in [6.45, 7) is 0. The molecule has 0 amide bonds. The van der Waals surface area contributed by atoms with Crippen molar-refractivity contribution in [1.29, 1.82) is 0 Å². The van der Waals surface area contributed by atoms with Crippen LogP contribution < -0.4 is 5.73 Å². The highest BCUT2D eigenvalue weighted by atomic mass is 35.5. The highest BCUT2D eigenvalue weighted by molar-refractivity contribution is 6.31. The van der Waals surface area contributed by atoms with Gasteiger partial charge in [-0.3, -0.25) is 4.98 Å². The molecule has 0 bridgehead atoms. The largest absolute Gasteiger partial charge is 0.324 e. The van der Waals surface area contributed by atoms with Crippen LogP contribution in [0.1, 0.15) is 43.7 Å². The van der Waals surface area contributed by atoms with Gasteiger partial charge in [-0.1, -0.05) is 11.6 Å². The molecular formula is C13H17ClF2N2. The number of hydrogen-bond acceptors (Lipinski definition) is 2. The number of halogens is 3. The molecular weight excluding hydrogens is 258 g/mol. The van der Waals surface area contributed by atoms with Crippen molar-refractivity contribution in [2.75, 3.05) is 0 Å². The number of hydrogen-bond donors (Lipinski definition) is 1. The number of rotatable bonds is 3. The normalized spacial score (nSPS) is 24.8. The summed E-state index contributed by atoms with van der Waals surface area (Å²) in [6.07, 6.45) is 5.07. The maximum atomic E-state index is 13.3. The lowest BCUT2D eigenvalue weighted by molar-refractivity contribution is -0.0543. The average Bonchev–Trinajstić information content (AvgIpc) is 2.28. The van der Waals surface area contributed by atoms with E-state index in [1.54, 1.807) is 12.3 Å². The Hall–Kier alpha value is -0.740. The quantitative estimate of drug-likeness (QED) is 0.906. The predicted octanol–water partition coefficient (Wildman–Crippen LogP) is 3.95. The maximum absolute atomic E-state index is 13.3. The molecule has 2 N–H and O–H groups in total. The van der Waals surface area contributed by atoms with Crippen LogP contribution in [0.15, 0.2) is 18.5 Å². The summed E-state index contributed by atoms with van der Waals surface area (Å²) in [4.78, 5) is 3.89. The van der Waals surface area contributed by atoms with Crippen molar-refractivity contribution in [3.05, 3.63) is 29.0 Å². The van der Waals surface area contributed by atoms with Gasteiger partial charge in [-0.25, -0.2) is 8.78 Å². The van der Waals surface area contributed by atoms with Crippen molar-refractivity contribution in [3.63, 3.8) is 0 Å². The third-order valence-electron chi connectivity index (χ3n) is 3.53. The molecule has 2 atom stereocenters. The molecule has 0 aliphatic heterocycles. The van der Waals surface area contributed by atoms with Crippen molar-refractivity contribution < 1.29 is 8.78 Å². The Morgan fingerprint density at radius 1 is 1.56 bits per heavy atom. The average molecular weight is 275 g/mol. The van der Waals surface area contributed by atoms with E-state index in [1.165, 1.54) is 6.20 Å². The lowest BCUT2D eigenvalue weighted by Gasteiger charge is -2.30. The fraction of sp³-hybridized carbons (Fsp3) is 0.615. The molecule has 1 saturated carbocycles. The van der Waals surface area contributed by atoms with Gasteiger partial charge in [0.05, 0.1) is 5.02 Å². The Morgan fingerprint density at radius 3 is 3.00 bits per heavy atom. The first-order valence-corrected chi connectivity index (χ1v) is 6.58. The second-order valence-electron chi connectivity index (χ2n) is 5.06. The monoisotopic (exact) mass is 274 g/mol. The Balaban J connectivity index is 1.99. The third kappa shape index (κ3) is 3.39. The van der Waals surface area contributed by atoms with Crippen molar-refractivity contribution in [2.45, 2.75) is 44.1 Å². The number of aromatic nitrogens is 1. The summed E-state index contributed by atoms with van der Waals surface area (Å²) in [6, 6.07) is 1.47. The molecule has 1 heterocycles. The highest BCUT2D eigenvalue weighted by Gasteiger charge is 2.36. The fourth-order valence-corrected chi connectivity index (χ4v) is 2.91. The Bertz CT molecular complexity index is 412. The van der Waals surface area contributed by atoms with Gasteiger partial charge in [-0.05, 0) is 36.8 Å². The lowest BCUT2D eigenvalue weighted by atomic mass is 9.82. The molecule has 100 valence electrons. The number of nitrogens with two attached hydrogens (primary N) is 1. The molecule has 2 rings (SSSR count). The van der Waals surface area contributed by atoms with Gasteiger partial charge >= 0.3 is 0 Å². The van der Waals surface area contributed by atoms with Crippen LogP contribution in [-0.2, 0) is 0 Å². The van der Waals surface area contributed by atoms with Crippen LogP contribution in [0.25, 0.3) is 0 Å². The van der Waals surface area contributed by atoms with Crippen LogP contribution in [0.2, 0.25) is 5.02 Å². The minimum Gasteiger partial charge on any atom is -0.324 e. The predicted molar refractivity (Wildman–Crippen MR) is 67.7 cm³/mol. The van der Waals surface area contributed by atoms with E-state index >= 15 is 0 Å². The van der Waals surface area contributed by atoms with Gasteiger partial charge in [-0.2, -0.15) is 0 Å². The van der Waals surface area contributed by atoms with Crippen LogP contribution in [0, 0.1) is 5.92 Å². The zero-order valence-corrected chi connectivity index (χ0v) is 10.8. The lowest BCUT2D eigenvalue weighted by Crippen LogP contribution is -2.28. The molecule has 5 heteroatoms. The summed E-state index contributed by atoms with van der Waals surface area (Å²) in [7, 11) is 0. The summed E-state index contributed by atoms with van der Waals surface area (Å²) in [5, 5.41) is 0.507. The third-order valence-corrected chi connectivity index (χ3v) is 3.85. The smallest absolute Gasteiger partial charge is 0.248 e. The van der Waals surface area contributed by atoms with Crippen LogP contribution in [-0.4, -0.2) is 10.9 Å². The second-order valence-corrected chi connectivity index (χ2v) is 5.46. The summed E-state index contributed by atoms with van der Waals surface area (Å²) < 4.78 is 26.6. The summed E-state index contributed by atoms with van der Waals surface area (Å²) >= 11 is 6.00. The van der Waals surface area contributed by atoms with E-state index in [1.807, 2.05) is 0 Å². The fourth-order valence-electron chi connectivity index (χ4n) is 2.65. The van der Waals surface area contributed by atoms with E-state index in [2.05, 4.69) is 4.98 Å². The maximum Gasteiger partial charge on any atom is 0.248 e. The highest BCUT2D eigenvalue weighted by Crippen LogP contribution is 2.40. The number of alkyl halides is 2. The minimum atomic E-state index is -2.52. The molecule has 2 nitrogen and oxygen atoms in total. The first kappa shape index (κ1) is 13.7. The van der Waals surface area contributed by atoms with E-state index < -0.39 is 5.92 Å². The van der Waals surface area contributed by atoms with Crippen LogP contribution in [0.4, 0.5) is 8.78 Å². The van der Waals surface area contributed by atoms with E-state index in [0.29, 0.717) is 17.9 Å². The molecule has 2 unspecified atom stereocenters. The molecule has 1 aromatic heterocycles. The molecule has 1 aromatic rings. The summed E-state index contributed by atoms with van der Waals surface area (Å²) in [5.74, 6) is -2.54. The van der Waals surface area contributed by atoms with E-state index in [4.69, 9.17) is 17.3 Å². The van der Waals surface area contributed by atoms with Crippen molar-refractivity contribution >= 4 is 11.6 Å². The first-order valence-electron chi connectivity index (χ1n) is 6.21. The summed E-state index contributed by atoms with van der Waals surface area (Å²) in [5.41, 5.74) is 6.85. The molecule has 0 saturated heterocycles. The Labute approximate surface area is 111 Å². The van der Waals surface area contributed by atoms with Crippen molar-refractivity contribution in [2.24, 2.45) is 11.7 Å². The molecule has 0 aromatic carbocycles. The molecule has 1 aliphatic carbocycles. The molecule has 1 aliphatic rings.